The molecule has 3 rings (SSSR count). The Labute approximate surface area is 111 Å². The molecule has 0 unspecified atom stereocenters. The summed E-state index contributed by atoms with van der Waals surface area (Å²) in [7, 11) is 0. The van der Waals surface area contributed by atoms with Crippen LogP contribution in [0.2, 0.25) is 5.28 Å². The summed E-state index contributed by atoms with van der Waals surface area (Å²) in [6.45, 7) is 0.651. The molecule has 0 saturated heterocycles. The van der Waals surface area contributed by atoms with Crippen molar-refractivity contribution < 1.29 is 4.52 Å². The van der Waals surface area contributed by atoms with E-state index in [1.807, 2.05) is 11.4 Å². The van der Waals surface area contributed by atoms with E-state index in [9.17, 15) is 0 Å². The molecule has 0 radical (unpaired) electrons. The van der Waals surface area contributed by atoms with Crippen LogP contribution in [-0.4, -0.2) is 26.7 Å². The van der Waals surface area contributed by atoms with Crippen molar-refractivity contribution in [3.05, 3.63) is 28.9 Å². The van der Waals surface area contributed by atoms with E-state index in [1.54, 1.807) is 0 Å². The number of rotatable bonds is 4. The van der Waals surface area contributed by atoms with Gasteiger partial charge in [0.25, 0.3) is 0 Å². The maximum absolute atomic E-state index is 5.86. The van der Waals surface area contributed by atoms with E-state index in [0.29, 0.717) is 18.8 Å². The largest absolute Gasteiger partial charge is 0.369 e. The van der Waals surface area contributed by atoms with Crippen LogP contribution < -0.4 is 5.32 Å². The number of hydrogen-bond acceptors (Lipinski definition) is 7. The lowest BCUT2D eigenvalue weighted by molar-refractivity contribution is 0.410. The van der Waals surface area contributed by atoms with Crippen molar-refractivity contribution in [3.8, 4) is 0 Å². The average molecular weight is 282 g/mol. The van der Waals surface area contributed by atoms with Crippen LogP contribution in [-0.2, 0) is 6.42 Å². The topological polar surface area (TPSA) is 76.7 Å². The van der Waals surface area contributed by atoms with E-state index in [4.69, 9.17) is 11.6 Å². The van der Waals surface area contributed by atoms with Crippen LogP contribution in [0.25, 0.3) is 10.2 Å². The van der Waals surface area contributed by atoms with Gasteiger partial charge in [-0.1, -0.05) is 5.16 Å². The fourth-order valence-electron chi connectivity index (χ4n) is 1.56. The van der Waals surface area contributed by atoms with Crippen molar-refractivity contribution in [2.75, 3.05) is 11.9 Å². The Bertz CT molecular complexity index is 653. The van der Waals surface area contributed by atoms with Gasteiger partial charge in [0.15, 0.2) is 5.82 Å². The molecule has 0 spiro atoms. The molecule has 8 heteroatoms. The summed E-state index contributed by atoms with van der Waals surface area (Å²) in [5.74, 6) is 1.39. The SMILES string of the molecule is Clc1nc(NCCc2ncon2)c2ccsc2n1. The summed E-state index contributed by atoms with van der Waals surface area (Å²) in [5, 5.41) is 10.1. The Morgan fingerprint density at radius 1 is 1.39 bits per heavy atom. The predicted octanol–water partition coefficient (Wildman–Crippen LogP) is 2.38. The van der Waals surface area contributed by atoms with Gasteiger partial charge in [-0.15, -0.1) is 11.3 Å². The third-order valence-electron chi connectivity index (χ3n) is 2.35. The number of thiophene rings is 1. The Morgan fingerprint density at radius 2 is 2.33 bits per heavy atom. The van der Waals surface area contributed by atoms with Crippen molar-refractivity contribution in [1.82, 2.24) is 20.1 Å². The molecule has 0 saturated carbocycles. The molecule has 0 fully saturated rings. The smallest absolute Gasteiger partial charge is 0.225 e. The number of fused-ring (bicyclic) bond motifs is 1. The Morgan fingerprint density at radius 3 is 3.17 bits per heavy atom. The molecule has 0 bridgehead atoms. The van der Waals surface area contributed by atoms with Gasteiger partial charge in [-0.25, -0.2) is 9.97 Å². The number of anilines is 1. The first-order valence-electron chi connectivity index (χ1n) is 5.23. The second kappa shape index (κ2) is 4.87. The highest BCUT2D eigenvalue weighted by atomic mass is 35.5. The molecule has 0 aromatic carbocycles. The summed E-state index contributed by atoms with van der Waals surface area (Å²) in [4.78, 5) is 13.1. The fraction of sp³-hybridized carbons (Fsp3) is 0.200. The van der Waals surface area contributed by atoms with Crippen molar-refractivity contribution in [1.29, 1.82) is 0 Å². The Balaban J connectivity index is 1.75. The normalized spacial score (nSPS) is 10.9. The summed E-state index contributed by atoms with van der Waals surface area (Å²) < 4.78 is 4.66. The molecular weight excluding hydrogens is 274 g/mol. The first kappa shape index (κ1) is 11.4. The minimum absolute atomic E-state index is 0.243. The minimum Gasteiger partial charge on any atom is -0.369 e. The van der Waals surface area contributed by atoms with E-state index >= 15 is 0 Å². The lowest BCUT2D eigenvalue weighted by Gasteiger charge is -2.05. The molecule has 0 aliphatic rings. The van der Waals surface area contributed by atoms with Gasteiger partial charge >= 0.3 is 0 Å². The van der Waals surface area contributed by atoms with Crippen LogP contribution in [0.3, 0.4) is 0 Å². The number of halogens is 1. The summed E-state index contributed by atoms with van der Waals surface area (Å²) >= 11 is 7.40. The molecule has 0 aliphatic carbocycles. The van der Waals surface area contributed by atoms with E-state index in [-0.39, 0.29) is 5.28 Å². The molecule has 92 valence electrons. The predicted molar refractivity (Wildman–Crippen MR) is 68.9 cm³/mol. The minimum atomic E-state index is 0.243. The first-order valence-corrected chi connectivity index (χ1v) is 6.48. The Kier molecular flexibility index (Phi) is 3.07. The second-order valence-electron chi connectivity index (χ2n) is 3.50. The maximum atomic E-state index is 5.86. The van der Waals surface area contributed by atoms with Gasteiger partial charge in [-0.3, -0.25) is 0 Å². The van der Waals surface area contributed by atoms with Gasteiger partial charge in [0.1, 0.15) is 10.6 Å². The number of aromatic nitrogens is 4. The quantitative estimate of drug-likeness (QED) is 0.740. The molecule has 0 amide bonds. The van der Waals surface area contributed by atoms with E-state index in [1.165, 1.54) is 17.7 Å². The molecule has 0 aliphatic heterocycles. The fourth-order valence-corrected chi connectivity index (χ4v) is 2.54. The zero-order valence-corrected chi connectivity index (χ0v) is 10.7. The van der Waals surface area contributed by atoms with Gasteiger partial charge in [-0.2, -0.15) is 4.98 Å². The highest BCUT2D eigenvalue weighted by Gasteiger charge is 2.07. The molecule has 0 atom stereocenters. The zero-order valence-electron chi connectivity index (χ0n) is 9.13. The van der Waals surface area contributed by atoms with Gasteiger partial charge in [0.05, 0.1) is 5.39 Å². The highest BCUT2D eigenvalue weighted by Crippen LogP contribution is 2.26. The van der Waals surface area contributed by atoms with E-state index in [0.717, 1.165) is 16.0 Å². The van der Waals surface area contributed by atoms with Crippen molar-refractivity contribution in [2.45, 2.75) is 6.42 Å². The molecule has 3 heterocycles. The lowest BCUT2D eigenvalue weighted by atomic mass is 10.3. The van der Waals surface area contributed by atoms with Crippen LogP contribution in [0.15, 0.2) is 22.4 Å². The number of nitrogens with zero attached hydrogens (tertiary/aromatic N) is 4. The molecule has 3 aromatic heterocycles. The summed E-state index contributed by atoms with van der Waals surface area (Å²) in [6.07, 6.45) is 1.97. The van der Waals surface area contributed by atoms with E-state index in [2.05, 4.69) is 29.9 Å². The number of hydrogen-bond donors (Lipinski definition) is 1. The molecule has 18 heavy (non-hydrogen) atoms. The standard InChI is InChI=1S/C10H8ClN5OS/c11-10-14-8(6-2-4-18-9(6)15-10)12-3-1-7-13-5-17-16-7/h2,4-5H,1,3H2,(H,12,14,15). The average Bonchev–Trinajstić information content (AvgIpc) is 2.98. The van der Waals surface area contributed by atoms with E-state index < -0.39 is 0 Å². The maximum Gasteiger partial charge on any atom is 0.225 e. The van der Waals surface area contributed by atoms with Crippen LogP contribution in [0.1, 0.15) is 5.82 Å². The second-order valence-corrected chi connectivity index (χ2v) is 4.74. The first-order chi connectivity index (χ1) is 8.83. The van der Waals surface area contributed by atoms with Crippen LogP contribution in [0, 0.1) is 0 Å². The summed E-state index contributed by atoms with van der Waals surface area (Å²) in [5.41, 5.74) is 0. The molecule has 1 N–H and O–H groups in total. The highest BCUT2D eigenvalue weighted by molar-refractivity contribution is 7.16. The number of nitrogens with one attached hydrogen (secondary N) is 1. The lowest BCUT2D eigenvalue weighted by Crippen LogP contribution is -2.07. The molecule has 6 nitrogen and oxygen atoms in total. The molecular formula is C10H8ClN5OS. The molecule has 3 aromatic rings. The summed E-state index contributed by atoms with van der Waals surface area (Å²) in [6, 6.07) is 1.97. The van der Waals surface area contributed by atoms with Crippen molar-refractivity contribution >= 4 is 39.0 Å². The Hall–Kier alpha value is -1.73. The van der Waals surface area contributed by atoms with Crippen LogP contribution >= 0.6 is 22.9 Å². The van der Waals surface area contributed by atoms with Crippen LogP contribution in [0.5, 0.6) is 0 Å². The van der Waals surface area contributed by atoms with Gasteiger partial charge in [0.2, 0.25) is 11.7 Å². The monoisotopic (exact) mass is 281 g/mol. The van der Waals surface area contributed by atoms with Crippen molar-refractivity contribution in [2.24, 2.45) is 0 Å². The van der Waals surface area contributed by atoms with Gasteiger partial charge in [0, 0.05) is 13.0 Å². The zero-order chi connectivity index (χ0) is 12.4. The third-order valence-corrected chi connectivity index (χ3v) is 3.32. The van der Waals surface area contributed by atoms with Crippen LogP contribution in [0.4, 0.5) is 5.82 Å². The van der Waals surface area contributed by atoms with Gasteiger partial charge in [-0.05, 0) is 23.0 Å². The van der Waals surface area contributed by atoms with Gasteiger partial charge < -0.3 is 9.84 Å². The third kappa shape index (κ3) is 2.27. The van der Waals surface area contributed by atoms with Crippen molar-refractivity contribution in [3.63, 3.8) is 0 Å².